The molecule has 1 aromatic carbocycles. The first kappa shape index (κ1) is 15.4. The first-order chi connectivity index (χ1) is 9.88. The van der Waals surface area contributed by atoms with Crippen molar-refractivity contribution >= 4 is 17.7 Å². The fourth-order valence-electron chi connectivity index (χ4n) is 2.72. The van der Waals surface area contributed by atoms with Gasteiger partial charge in [0.05, 0.1) is 5.41 Å². The lowest BCUT2D eigenvalue weighted by atomic mass is 9.84. The molecule has 1 aromatic rings. The predicted molar refractivity (Wildman–Crippen MR) is 81.5 cm³/mol. The molecule has 1 atom stereocenters. The lowest BCUT2D eigenvalue weighted by molar-refractivity contribution is -0.148. The molecule has 2 N–H and O–H groups in total. The molecule has 0 spiro atoms. The van der Waals surface area contributed by atoms with Gasteiger partial charge in [0.2, 0.25) is 0 Å². The third-order valence-corrected chi connectivity index (χ3v) is 4.41. The molecule has 1 heterocycles. The summed E-state index contributed by atoms with van der Waals surface area (Å²) < 4.78 is 0. The molecule has 1 aliphatic heterocycles. The number of anilines is 1. The number of carboxylic acid groups (broad SMARTS) is 1. The van der Waals surface area contributed by atoms with Crippen LogP contribution < -0.4 is 5.32 Å². The van der Waals surface area contributed by atoms with E-state index in [0.29, 0.717) is 19.4 Å². The summed E-state index contributed by atoms with van der Waals surface area (Å²) in [5.41, 5.74) is 2.06. The van der Waals surface area contributed by atoms with Crippen molar-refractivity contribution in [3.8, 4) is 0 Å². The van der Waals surface area contributed by atoms with E-state index in [9.17, 15) is 14.7 Å². The summed E-state index contributed by atoms with van der Waals surface area (Å²) in [6.07, 6.45) is 1.05. The second-order valence-corrected chi connectivity index (χ2v) is 5.86. The Morgan fingerprint density at radius 2 is 2.10 bits per heavy atom. The average Bonchev–Trinajstić information content (AvgIpc) is 2.89. The van der Waals surface area contributed by atoms with E-state index in [4.69, 9.17) is 0 Å². The minimum absolute atomic E-state index is 0.222. The molecule has 0 bridgehead atoms. The number of benzene rings is 1. The molecule has 0 aromatic heterocycles. The van der Waals surface area contributed by atoms with Gasteiger partial charge < -0.3 is 15.3 Å². The Labute approximate surface area is 125 Å². The Balaban J connectivity index is 2.09. The fraction of sp³-hybridized carbons (Fsp3) is 0.500. The highest BCUT2D eigenvalue weighted by Gasteiger charge is 2.44. The van der Waals surface area contributed by atoms with Crippen LogP contribution in [0, 0.1) is 19.3 Å². The molecule has 1 aliphatic rings. The van der Waals surface area contributed by atoms with E-state index >= 15 is 0 Å². The summed E-state index contributed by atoms with van der Waals surface area (Å²) in [4.78, 5) is 25.3. The van der Waals surface area contributed by atoms with Crippen LogP contribution in [0.2, 0.25) is 0 Å². The molecule has 2 rings (SSSR count). The van der Waals surface area contributed by atoms with Gasteiger partial charge in [-0.1, -0.05) is 19.1 Å². The number of nitrogens with zero attached hydrogens (tertiary/aromatic N) is 1. The van der Waals surface area contributed by atoms with Gasteiger partial charge in [0.15, 0.2) is 0 Å². The number of nitrogens with one attached hydrogen (secondary N) is 1. The van der Waals surface area contributed by atoms with Crippen molar-refractivity contribution in [1.29, 1.82) is 0 Å². The molecule has 1 unspecified atom stereocenters. The van der Waals surface area contributed by atoms with E-state index in [-0.39, 0.29) is 12.6 Å². The highest BCUT2D eigenvalue weighted by molar-refractivity contribution is 5.91. The average molecular weight is 290 g/mol. The largest absolute Gasteiger partial charge is 0.481 e. The van der Waals surface area contributed by atoms with Crippen LogP contribution in [0.5, 0.6) is 0 Å². The van der Waals surface area contributed by atoms with Gasteiger partial charge in [0, 0.05) is 18.8 Å². The number of hydrogen-bond acceptors (Lipinski definition) is 2. The number of carbonyl (C=O) groups excluding carboxylic acids is 1. The molecular weight excluding hydrogens is 268 g/mol. The molecule has 21 heavy (non-hydrogen) atoms. The van der Waals surface area contributed by atoms with Crippen LogP contribution in [0.4, 0.5) is 10.5 Å². The number of aryl methyl sites for hydroxylation is 2. The fourth-order valence-corrected chi connectivity index (χ4v) is 2.72. The summed E-state index contributed by atoms with van der Waals surface area (Å²) in [6.45, 7) is 6.52. The van der Waals surface area contributed by atoms with Crippen LogP contribution in [0.3, 0.4) is 0 Å². The van der Waals surface area contributed by atoms with Crippen LogP contribution in [-0.2, 0) is 4.79 Å². The van der Waals surface area contributed by atoms with E-state index in [2.05, 4.69) is 5.32 Å². The van der Waals surface area contributed by atoms with Crippen molar-refractivity contribution in [2.75, 3.05) is 18.4 Å². The monoisotopic (exact) mass is 290 g/mol. The zero-order chi connectivity index (χ0) is 15.6. The maximum Gasteiger partial charge on any atom is 0.321 e. The summed E-state index contributed by atoms with van der Waals surface area (Å²) in [5, 5.41) is 12.3. The van der Waals surface area contributed by atoms with Crippen LogP contribution in [-0.4, -0.2) is 35.1 Å². The van der Waals surface area contributed by atoms with Gasteiger partial charge in [-0.2, -0.15) is 0 Å². The summed E-state index contributed by atoms with van der Waals surface area (Å²) in [7, 11) is 0. The zero-order valence-electron chi connectivity index (χ0n) is 12.8. The van der Waals surface area contributed by atoms with Crippen molar-refractivity contribution in [2.45, 2.75) is 33.6 Å². The van der Waals surface area contributed by atoms with Gasteiger partial charge in [-0.05, 0) is 43.9 Å². The topological polar surface area (TPSA) is 69.6 Å². The molecule has 5 nitrogen and oxygen atoms in total. The maximum absolute atomic E-state index is 12.3. The Hall–Kier alpha value is -2.04. The van der Waals surface area contributed by atoms with Crippen molar-refractivity contribution < 1.29 is 14.7 Å². The van der Waals surface area contributed by atoms with E-state index in [1.807, 2.05) is 39.0 Å². The Morgan fingerprint density at radius 1 is 1.38 bits per heavy atom. The van der Waals surface area contributed by atoms with Gasteiger partial charge in [-0.3, -0.25) is 4.79 Å². The Bertz CT molecular complexity index is 571. The summed E-state index contributed by atoms with van der Waals surface area (Å²) in [6, 6.07) is 5.66. The number of rotatable bonds is 3. The molecule has 2 amide bonds. The molecule has 0 saturated carbocycles. The van der Waals surface area contributed by atoms with Gasteiger partial charge >= 0.3 is 12.0 Å². The number of carboxylic acids is 1. The third-order valence-electron chi connectivity index (χ3n) is 4.41. The molecule has 1 saturated heterocycles. The van der Waals surface area contributed by atoms with Crippen molar-refractivity contribution in [2.24, 2.45) is 5.41 Å². The predicted octanol–water partition coefficient (Wildman–Crippen LogP) is 3.02. The van der Waals surface area contributed by atoms with Gasteiger partial charge in [0.1, 0.15) is 0 Å². The minimum atomic E-state index is -0.813. The van der Waals surface area contributed by atoms with E-state index in [1.54, 1.807) is 4.90 Å². The minimum Gasteiger partial charge on any atom is -0.481 e. The van der Waals surface area contributed by atoms with Gasteiger partial charge in [-0.25, -0.2) is 4.79 Å². The van der Waals surface area contributed by atoms with Gasteiger partial charge in [0.25, 0.3) is 0 Å². The summed E-state index contributed by atoms with van der Waals surface area (Å²) >= 11 is 0. The zero-order valence-corrected chi connectivity index (χ0v) is 12.8. The molecular formula is C16H22N2O3. The molecule has 1 fully saturated rings. The number of amides is 2. The first-order valence-electron chi connectivity index (χ1n) is 7.24. The highest BCUT2D eigenvalue weighted by atomic mass is 16.4. The lowest BCUT2D eigenvalue weighted by Gasteiger charge is -2.23. The second-order valence-electron chi connectivity index (χ2n) is 5.86. The highest BCUT2D eigenvalue weighted by Crippen LogP contribution is 2.34. The van der Waals surface area contributed by atoms with E-state index in [1.165, 1.54) is 0 Å². The van der Waals surface area contributed by atoms with Crippen molar-refractivity contribution in [3.63, 3.8) is 0 Å². The first-order valence-corrected chi connectivity index (χ1v) is 7.24. The van der Waals surface area contributed by atoms with Crippen molar-refractivity contribution in [1.82, 2.24) is 4.90 Å². The standard InChI is InChI=1S/C16H22N2O3/c1-4-16(14(19)20)7-8-18(10-16)15(21)17-13-9-11(2)5-6-12(13)3/h5-6,9H,4,7-8,10H2,1-3H3,(H,17,21)(H,19,20). The Morgan fingerprint density at radius 3 is 2.67 bits per heavy atom. The smallest absolute Gasteiger partial charge is 0.321 e. The normalized spacial score (nSPS) is 21.4. The SMILES string of the molecule is CCC1(C(=O)O)CCN(C(=O)Nc2cc(C)ccc2C)C1. The van der Waals surface area contributed by atoms with Crippen LogP contribution in [0.1, 0.15) is 30.9 Å². The molecule has 0 aliphatic carbocycles. The van der Waals surface area contributed by atoms with Crippen molar-refractivity contribution in [3.05, 3.63) is 29.3 Å². The number of carbonyl (C=O) groups is 2. The second kappa shape index (κ2) is 5.76. The number of hydrogen-bond donors (Lipinski definition) is 2. The quantitative estimate of drug-likeness (QED) is 0.899. The van der Waals surface area contributed by atoms with Crippen LogP contribution >= 0.6 is 0 Å². The molecule has 114 valence electrons. The summed E-state index contributed by atoms with van der Waals surface area (Å²) in [5.74, 6) is -0.813. The Kier molecular flexibility index (Phi) is 4.21. The van der Waals surface area contributed by atoms with Crippen LogP contribution in [0.15, 0.2) is 18.2 Å². The van der Waals surface area contributed by atoms with Gasteiger partial charge in [-0.15, -0.1) is 0 Å². The van der Waals surface area contributed by atoms with E-state index < -0.39 is 11.4 Å². The number of urea groups is 1. The third kappa shape index (κ3) is 3.01. The van der Waals surface area contributed by atoms with E-state index in [0.717, 1.165) is 16.8 Å². The number of aliphatic carboxylic acids is 1. The lowest BCUT2D eigenvalue weighted by Crippen LogP contribution is -2.38. The number of likely N-dealkylation sites (tertiary alicyclic amines) is 1. The maximum atomic E-state index is 12.3. The molecule has 5 heteroatoms. The molecule has 0 radical (unpaired) electrons. The van der Waals surface area contributed by atoms with Crippen LogP contribution in [0.25, 0.3) is 0 Å².